The van der Waals surface area contributed by atoms with Crippen molar-refractivity contribution in [3.63, 3.8) is 0 Å². The van der Waals surface area contributed by atoms with Gasteiger partial charge in [0.15, 0.2) is 0 Å². The Morgan fingerprint density at radius 3 is 2.68 bits per heavy atom. The normalized spacial score (nSPS) is 10.9. The van der Waals surface area contributed by atoms with Crippen molar-refractivity contribution in [1.29, 1.82) is 0 Å². The van der Waals surface area contributed by atoms with Crippen molar-refractivity contribution >= 4 is 16.8 Å². The van der Waals surface area contributed by atoms with Crippen LogP contribution in [0.2, 0.25) is 0 Å². The third-order valence-electron chi connectivity index (χ3n) is 3.55. The number of hydrogen-bond donors (Lipinski definition) is 1. The molecule has 0 aliphatic heterocycles. The molecule has 2 aromatic rings. The van der Waals surface area contributed by atoms with Crippen molar-refractivity contribution in [2.24, 2.45) is 5.92 Å². The molecule has 0 bridgehead atoms. The first-order valence-corrected chi connectivity index (χ1v) is 6.86. The van der Waals surface area contributed by atoms with Crippen molar-refractivity contribution < 1.29 is 4.79 Å². The van der Waals surface area contributed by atoms with Gasteiger partial charge in [-0.25, -0.2) is 0 Å². The maximum atomic E-state index is 12.0. The average molecular weight is 256 g/mol. The van der Waals surface area contributed by atoms with Crippen LogP contribution in [0.4, 0.5) is 0 Å². The lowest BCUT2D eigenvalue weighted by atomic mass is 10.0. The Morgan fingerprint density at radius 2 is 1.95 bits per heavy atom. The molecule has 1 heterocycles. The maximum Gasteiger partial charge on any atom is 0.223 e. The summed E-state index contributed by atoms with van der Waals surface area (Å²) in [5.41, 5.74) is 2.08. The third-order valence-corrected chi connectivity index (χ3v) is 3.55. The zero-order valence-corrected chi connectivity index (χ0v) is 11.5. The van der Waals surface area contributed by atoms with E-state index in [4.69, 9.17) is 0 Å². The first-order chi connectivity index (χ1) is 9.26. The first-order valence-electron chi connectivity index (χ1n) is 6.86. The molecular weight excluding hydrogens is 236 g/mol. The molecule has 0 aliphatic rings. The fraction of sp³-hybridized carbons (Fsp3) is 0.375. The Morgan fingerprint density at radius 1 is 1.21 bits per heavy atom. The summed E-state index contributed by atoms with van der Waals surface area (Å²) in [5.74, 6) is 0.263. The fourth-order valence-electron chi connectivity index (χ4n) is 2.30. The lowest BCUT2D eigenvalue weighted by Crippen LogP contribution is -2.29. The van der Waals surface area contributed by atoms with E-state index >= 15 is 0 Å². The minimum absolute atomic E-state index is 0.119. The van der Waals surface area contributed by atoms with E-state index in [9.17, 15) is 4.79 Å². The quantitative estimate of drug-likeness (QED) is 0.892. The Labute approximate surface area is 114 Å². The second-order valence-electron chi connectivity index (χ2n) is 4.72. The van der Waals surface area contributed by atoms with Crippen LogP contribution in [0.25, 0.3) is 10.9 Å². The molecule has 3 nitrogen and oxygen atoms in total. The van der Waals surface area contributed by atoms with E-state index in [1.807, 2.05) is 30.3 Å². The number of nitrogens with zero attached hydrogens (tertiary/aromatic N) is 1. The molecule has 100 valence electrons. The number of pyridine rings is 1. The van der Waals surface area contributed by atoms with E-state index in [1.165, 1.54) is 0 Å². The standard InChI is InChI=1S/C16H20N2O/c1-3-12(4-2)16(19)18-11-13-9-10-17-15-8-6-5-7-14(13)15/h5-10,12H,3-4,11H2,1-2H3,(H,18,19). The van der Waals surface area contributed by atoms with E-state index in [1.54, 1.807) is 6.20 Å². The van der Waals surface area contributed by atoms with Gasteiger partial charge in [0.1, 0.15) is 0 Å². The summed E-state index contributed by atoms with van der Waals surface area (Å²) >= 11 is 0. The van der Waals surface area contributed by atoms with Gasteiger partial charge in [0.25, 0.3) is 0 Å². The molecule has 0 spiro atoms. The SMILES string of the molecule is CCC(CC)C(=O)NCc1ccnc2ccccc12. The predicted molar refractivity (Wildman–Crippen MR) is 77.7 cm³/mol. The van der Waals surface area contributed by atoms with E-state index < -0.39 is 0 Å². The highest BCUT2D eigenvalue weighted by atomic mass is 16.1. The molecule has 0 fully saturated rings. The number of fused-ring (bicyclic) bond motifs is 1. The molecule has 0 atom stereocenters. The monoisotopic (exact) mass is 256 g/mol. The number of amides is 1. The van der Waals surface area contributed by atoms with Gasteiger partial charge in [-0.1, -0.05) is 32.0 Å². The fourth-order valence-corrected chi connectivity index (χ4v) is 2.30. The van der Waals surface area contributed by atoms with Crippen molar-refractivity contribution in [2.75, 3.05) is 0 Å². The minimum Gasteiger partial charge on any atom is -0.352 e. The van der Waals surface area contributed by atoms with Crippen LogP contribution in [0.3, 0.4) is 0 Å². The molecule has 19 heavy (non-hydrogen) atoms. The highest BCUT2D eigenvalue weighted by molar-refractivity contribution is 5.83. The third kappa shape index (κ3) is 3.11. The topological polar surface area (TPSA) is 42.0 Å². The number of aromatic nitrogens is 1. The van der Waals surface area contributed by atoms with Gasteiger partial charge in [0.2, 0.25) is 5.91 Å². The summed E-state index contributed by atoms with van der Waals surface area (Å²) in [6.45, 7) is 4.67. The lowest BCUT2D eigenvalue weighted by Gasteiger charge is -2.13. The van der Waals surface area contributed by atoms with Crippen molar-refractivity contribution in [3.05, 3.63) is 42.1 Å². The molecule has 1 amide bonds. The Bertz CT molecular complexity index is 556. The van der Waals surface area contributed by atoms with Gasteiger partial charge in [-0.05, 0) is 30.5 Å². The molecule has 1 aromatic carbocycles. The van der Waals surface area contributed by atoms with Crippen LogP contribution in [0.5, 0.6) is 0 Å². The van der Waals surface area contributed by atoms with E-state index in [0.717, 1.165) is 29.3 Å². The molecule has 0 radical (unpaired) electrons. The summed E-state index contributed by atoms with van der Waals surface area (Å²) in [6.07, 6.45) is 3.57. The van der Waals surface area contributed by atoms with Crippen LogP contribution in [0.1, 0.15) is 32.3 Å². The largest absolute Gasteiger partial charge is 0.352 e. The highest BCUT2D eigenvalue weighted by Gasteiger charge is 2.13. The molecule has 0 saturated carbocycles. The van der Waals surface area contributed by atoms with Gasteiger partial charge in [-0.15, -0.1) is 0 Å². The summed E-state index contributed by atoms with van der Waals surface area (Å²) < 4.78 is 0. The van der Waals surface area contributed by atoms with Crippen LogP contribution in [-0.4, -0.2) is 10.9 Å². The molecule has 0 unspecified atom stereocenters. The molecule has 2 rings (SSSR count). The van der Waals surface area contributed by atoms with Gasteiger partial charge in [0, 0.05) is 24.0 Å². The number of benzene rings is 1. The van der Waals surface area contributed by atoms with Gasteiger partial charge >= 0.3 is 0 Å². The van der Waals surface area contributed by atoms with E-state index in [2.05, 4.69) is 24.1 Å². The Hall–Kier alpha value is -1.90. The van der Waals surface area contributed by atoms with E-state index in [0.29, 0.717) is 6.54 Å². The summed E-state index contributed by atoms with van der Waals surface area (Å²) in [6, 6.07) is 9.97. The van der Waals surface area contributed by atoms with Crippen molar-refractivity contribution in [1.82, 2.24) is 10.3 Å². The van der Waals surface area contributed by atoms with E-state index in [-0.39, 0.29) is 11.8 Å². The second-order valence-corrected chi connectivity index (χ2v) is 4.72. The molecule has 0 saturated heterocycles. The summed E-state index contributed by atoms with van der Waals surface area (Å²) in [4.78, 5) is 16.3. The van der Waals surface area contributed by atoms with Crippen molar-refractivity contribution in [3.8, 4) is 0 Å². The molecule has 3 heteroatoms. The smallest absolute Gasteiger partial charge is 0.223 e. The van der Waals surface area contributed by atoms with Crippen LogP contribution < -0.4 is 5.32 Å². The molecular formula is C16H20N2O. The van der Waals surface area contributed by atoms with Gasteiger partial charge in [0.05, 0.1) is 5.52 Å². The summed E-state index contributed by atoms with van der Waals surface area (Å²) in [7, 11) is 0. The van der Waals surface area contributed by atoms with Gasteiger partial charge in [-0.3, -0.25) is 9.78 Å². The molecule has 0 aliphatic carbocycles. The number of hydrogen-bond acceptors (Lipinski definition) is 2. The highest BCUT2D eigenvalue weighted by Crippen LogP contribution is 2.16. The number of carbonyl (C=O) groups excluding carboxylic acids is 1. The first kappa shape index (κ1) is 13.5. The van der Waals surface area contributed by atoms with Crippen molar-refractivity contribution in [2.45, 2.75) is 33.2 Å². The van der Waals surface area contributed by atoms with Gasteiger partial charge in [-0.2, -0.15) is 0 Å². The zero-order valence-electron chi connectivity index (χ0n) is 11.5. The average Bonchev–Trinajstić information content (AvgIpc) is 2.46. The van der Waals surface area contributed by atoms with Crippen LogP contribution >= 0.6 is 0 Å². The number of rotatable bonds is 5. The Kier molecular flexibility index (Phi) is 4.50. The Balaban J connectivity index is 2.12. The molecule has 1 N–H and O–H groups in total. The second kappa shape index (κ2) is 6.32. The minimum atomic E-state index is 0.119. The number of carbonyl (C=O) groups is 1. The summed E-state index contributed by atoms with van der Waals surface area (Å²) in [5, 5.41) is 4.13. The predicted octanol–water partition coefficient (Wildman–Crippen LogP) is 3.29. The van der Waals surface area contributed by atoms with Gasteiger partial charge < -0.3 is 5.32 Å². The zero-order chi connectivity index (χ0) is 13.7. The molecule has 1 aromatic heterocycles. The number of para-hydroxylation sites is 1. The maximum absolute atomic E-state index is 12.0. The van der Waals surface area contributed by atoms with Crippen LogP contribution in [0, 0.1) is 5.92 Å². The van der Waals surface area contributed by atoms with Crippen LogP contribution in [0.15, 0.2) is 36.5 Å². The number of nitrogens with one attached hydrogen (secondary N) is 1. The lowest BCUT2D eigenvalue weighted by molar-refractivity contribution is -0.125. The van der Waals surface area contributed by atoms with Crippen LogP contribution in [-0.2, 0) is 11.3 Å².